The number of carbonyl (C=O) groups is 1. The number of Topliss-reactive ketones (excluding diaryl/α,β-unsaturated/α-hetero) is 1. The summed E-state index contributed by atoms with van der Waals surface area (Å²) in [5.41, 5.74) is 1.28. The number of non-ortho nitro benzene ring substituents is 1. The zero-order valence-corrected chi connectivity index (χ0v) is 11.2. The molecule has 2 rings (SSSR count). The van der Waals surface area contributed by atoms with Gasteiger partial charge in [-0.1, -0.05) is 0 Å². The average Bonchev–Trinajstić information content (AvgIpc) is 2.46. The van der Waals surface area contributed by atoms with Crippen LogP contribution in [0.5, 0.6) is 5.75 Å². The van der Waals surface area contributed by atoms with Crippen LogP contribution in [-0.2, 0) is 0 Å². The van der Waals surface area contributed by atoms with E-state index in [0.717, 1.165) is 0 Å². The predicted molar refractivity (Wildman–Crippen MR) is 78.5 cm³/mol. The second-order valence-electron chi connectivity index (χ2n) is 4.36. The fourth-order valence-corrected chi connectivity index (χ4v) is 1.69. The highest BCUT2D eigenvalue weighted by Gasteiger charge is 2.08. The number of hydrogen-bond acceptors (Lipinski definition) is 5. The van der Waals surface area contributed by atoms with Crippen LogP contribution < -0.4 is 0 Å². The number of benzene rings is 2. The summed E-state index contributed by atoms with van der Waals surface area (Å²) >= 11 is 0. The number of nitro benzene ring substituents is 1. The van der Waals surface area contributed by atoms with E-state index in [4.69, 9.17) is 0 Å². The summed E-state index contributed by atoms with van der Waals surface area (Å²) in [6.45, 7) is 1.47. The Morgan fingerprint density at radius 2 is 1.90 bits per heavy atom. The van der Waals surface area contributed by atoms with Crippen LogP contribution >= 0.6 is 0 Å². The van der Waals surface area contributed by atoms with Crippen molar-refractivity contribution in [2.45, 2.75) is 6.92 Å². The van der Waals surface area contributed by atoms with Gasteiger partial charge in [0, 0.05) is 29.5 Å². The molecule has 0 saturated carbocycles. The first-order chi connectivity index (χ1) is 9.97. The minimum absolute atomic E-state index is 0.0399. The number of phenolic OH excluding ortho intramolecular Hbond substituents is 1. The van der Waals surface area contributed by atoms with Crippen molar-refractivity contribution in [3.05, 3.63) is 63.7 Å². The van der Waals surface area contributed by atoms with Crippen molar-refractivity contribution in [2.24, 2.45) is 4.99 Å². The molecule has 0 aliphatic carbocycles. The smallest absolute Gasteiger partial charge is 0.270 e. The summed E-state index contributed by atoms with van der Waals surface area (Å²) in [6, 6.07) is 10.3. The highest BCUT2D eigenvalue weighted by molar-refractivity contribution is 5.94. The number of nitro groups is 1. The molecule has 0 unspecified atom stereocenters. The summed E-state index contributed by atoms with van der Waals surface area (Å²) in [4.78, 5) is 25.4. The van der Waals surface area contributed by atoms with Gasteiger partial charge in [-0.2, -0.15) is 0 Å². The third-order valence-corrected chi connectivity index (χ3v) is 2.85. The minimum Gasteiger partial charge on any atom is -0.507 e. The first kappa shape index (κ1) is 14.4. The molecule has 0 amide bonds. The second-order valence-corrected chi connectivity index (χ2v) is 4.36. The van der Waals surface area contributed by atoms with Gasteiger partial charge in [-0.3, -0.25) is 19.9 Å². The highest BCUT2D eigenvalue weighted by atomic mass is 16.6. The van der Waals surface area contributed by atoms with E-state index in [2.05, 4.69) is 4.99 Å². The van der Waals surface area contributed by atoms with Crippen molar-refractivity contribution in [1.29, 1.82) is 0 Å². The lowest BCUT2D eigenvalue weighted by molar-refractivity contribution is -0.384. The van der Waals surface area contributed by atoms with E-state index in [0.29, 0.717) is 11.3 Å². The molecule has 0 atom stereocenters. The lowest BCUT2D eigenvalue weighted by Crippen LogP contribution is -1.91. The van der Waals surface area contributed by atoms with Gasteiger partial charge in [-0.25, -0.2) is 0 Å². The SMILES string of the molecule is CC(=O)c1ccc(N=Cc2cc([N+](=O)[O-])ccc2O)cc1. The summed E-state index contributed by atoms with van der Waals surface area (Å²) in [6.07, 6.45) is 1.34. The summed E-state index contributed by atoms with van der Waals surface area (Å²) < 4.78 is 0. The van der Waals surface area contributed by atoms with Crippen molar-refractivity contribution >= 4 is 23.4 Å². The predicted octanol–water partition coefficient (Wildman–Crippen LogP) is 3.25. The molecule has 0 radical (unpaired) electrons. The number of aliphatic imine (C=N–C) groups is 1. The van der Waals surface area contributed by atoms with E-state index in [9.17, 15) is 20.0 Å². The van der Waals surface area contributed by atoms with Gasteiger partial charge in [-0.05, 0) is 37.3 Å². The topological polar surface area (TPSA) is 92.8 Å². The van der Waals surface area contributed by atoms with E-state index in [1.54, 1.807) is 24.3 Å². The Balaban J connectivity index is 2.26. The number of nitrogens with zero attached hydrogens (tertiary/aromatic N) is 2. The molecule has 0 spiro atoms. The molecule has 106 valence electrons. The lowest BCUT2D eigenvalue weighted by atomic mass is 10.1. The van der Waals surface area contributed by atoms with E-state index in [1.807, 2.05) is 0 Å². The lowest BCUT2D eigenvalue weighted by Gasteiger charge is -1.99. The van der Waals surface area contributed by atoms with Gasteiger partial charge in [0.2, 0.25) is 0 Å². The van der Waals surface area contributed by atoms with Crippen LogP contribution in [-0.4, -0.2) is 22.0 Å². The molecule has 1 N–H and O–H groups in total. The van der Waals surface area contributed by atoms with Crippen molar-refractivity contribution in [3.63, 3.8) is 0 Å². The van der Waals surface area contributed by atoms with Gasteiger partial charge in [0.1, 0.15) is 5.75 Å². The maximum Gasteiger partial charge on any atom is 0.270 e. The molecule has 0 fully saturated rings. The van der Waals surface area contributed by atoms with E-state index in [1.165, 1.54) is 31.3 Å². The van der Waals surface area contributed by atoms with E-state index >= 15 is 0 Å². The first-order valence-electron chi connectivity index (χ1n) is 6.10. The monoisotopic (exact) mass is 284 g/mol. The Hall–Kier alpha value is -3.02. The van der Waals surface area contributed by atoms with Crippen LogP contribution in [0, 0.1) is 10.1 Å². The summed E-state index contributed by atoms with van der Waals surface area (Å²) in [5.74, 6) is -0.133. The fourth-order valence-electron chi connectivity index (χ4n) is 1.69. The van der Waals surface area contributed by atoms with Gasteiger partial charge >= 0.3 is 0 Å². The van der Waals surface area contributed by atoms with Crippen molar-refractivity contribution in [3.8, 4) is 5.75 Å². The van der Waals surface area contributed by atoms with Crippen LogP contribution in [0.4, 0.5) is 11.4 Å². The quantitative estimate of drug-likeness (QED) is 0.403. The molecule has 0 bridgehead atoms. The van der Waals surface area contributed by atoms with Crippen LogP contribution in [0.25, 0.3) is 0 Å². The zero-order chi connectivity index (χ0) is 15.4. The second kappa shape index (κ2) is 5.96. The number of rotatable bonds is 4. The van der Waals surface area contributed by atoms with E-state index < -0.39 is 4.92 Å². The molecular formula is C15H12N2O4. The minimum atomic E-state index is -0.543. The van der Waals surface area contributed by atoms with Gasteiger partial charge in [0.25, 0.3) is 5.69 Å². The largest absolute Gasteiger partial charge is 0.507 e. The molecule has 6 heteroatoms. The molecule has 0 saturated heterocycles. The van der Waals surface area contributed by atoms with Crippen molar-refractivity contribution < 1.29 is 14.8 Å². The number of carbonyl (C=O) groups excluding carboxylic acids is 1. The fraction of sp³-hybridized carbons (Fsp3) is 0.0667. The van der Waals surface area contributed by atoms with Crippen molar-refractivity contribution in [1.82, 2.24) is 0 Å². The Labute approximate surface area is 120 Å². The van der Waals surface area contributed by atoms with E-state index in [-0.39, 0.29) is 22.8 Å². The van der Waals surface area contributed by atoms with Crippen LogP contribution in [0.3, 0.4) is 0 Å². The Kier molecular flexibility index (Phi) is 4.08. The third-order valence-electron chi connectivity index (χ3n) is 2.85. The normalized spacial score (nSPS) is 10.7. The molecule has 2 aromatic rings. The summed E-state index contributed by atoms with van der Waals surface area (Å²) in [5, 5.41) is 20.3. The maximum atomic E-state index is 11.1. The summed E-state index contributed by atoms with van der Waals surface area (Å²) in [7, 11) is 0. The molecule has 21 heavy (non-hydrogen) atoms. The maximum absolute atomic E-state index is 11.1. The van der Waals surface area contributed by atoms with Crippen LogP contribution in [0.2, 0.25) is 0 Å². The number of hydrogen-bond donors (Lipinski definition) is 1. The Morgan fingerprint density at radius 1 is 1.24 bits per heavy atom. The highest BCUT2D eigenvalue weighted by Crippen LogP contribution is 2.22. The zero-order valence-electron chi connectivity index (χ0n) is 11.2. The number of ketones is 1. The Bertz CT molecular complexity index is 721. The first-order valence-corrected chi connectivity index (χ1v) is 6.10. The Morgan fingerprint density at radius 3 is 2.48 bits per heavy atom. The third kappa shape index (κ3) is 3.50. The van der Waals surface area contributed by atoms with Gasteiger partial charge in [0.05, 0.1) is 10.6 Å². The van der Waals surface area contributed by atoms with Crippen molar-refractivity contribution in [2.75, 3.05) is 0 Å². The molecule has 0 aliphatic heterocycles. The number of aromatic hydroxyl groups is 1. The van der Waals surface area contributed by atoms with Crippen LogP contribution in [0.15, 0.2) is 47.5 Å². The van der Waals surface area contributed by atoms with Crippen LogP contribution in [0.1, 0.15) is 22.8 Å². The van der Waals surface area contributed by atoms with Gasteiger partial charge in [0.15, 0.2) is 5.78 Å². The standard InChI is InChI=1S/C15H12N2O4/c1-10(18)11-2-4-13(5-3-11)16-9-12-8-14(17(20)21)6-7-15(12)19/h2-9,19H,1H3. The average molecular weight is 284 g/mol. The van der Waals surface area contributed by atoms with Gasteiger partial charge < -0.3 is 5.11 Å². The molecule has 0 heterocycles. The van der Waals surface area contributed by atoms with Gasteiger partial charge in [-0.15, -0.1) is 0 Å². The number of phenols is 1. The molecule has 0 aliphatic rings. The molecule has 2 aromatic carbocycles. The molecule has 0 aromatic heterocycles. The molecule has 6 nitrogen and oxygen atoms in total. The molecular weight excluding hydrogens is 272 g/mol.